The molecule has 1 aromatic heterocycles. The molecular weight excluding hydrogens is 278 g/mol. The Labute approximate surface area is 131 Å². The number of aromatic nitrogens is 2. The molecule has 1 heterocycles. The predicted molar refractivity (Wildman–Crippen MR) is 85.9 cm³/mol. The van der Waals surface area contributed by atoms with Gasteiger partial charge in [0.1, 0.15) is 11.9 Å². The van der Waals surface area contributed by atoms with Crippen molar-refractivity contribution in [3.05, 3.63) is 53.1 Å². The number of aliphatic carboxylic acids is 1. The third-order valence-corrected chi connectivity index (χ3v) is 4.02. The molecule has 0 aliphatic carbocycles. The van der Waals surface area contributed by atoms with Crippen molar-refractivity contribution in [2.45, 2.75) is 33.4 Å². The number of hydrogen-bond acceptors (Lipinski definition) is 3. The van der Waals surface area contributed by atoms with Gasteiger partial charge in [-0.15, -0.1) is 0 Å². The number of benzene rings is 1. The van der Waals surface area contributed by atoms with E-state index in [0.29, 0.717) is 6.54 Å². The van der Waals surface area contributed by atoms with E-state index < -0.39 is 12.0 Å². The fourth-order valence-electron chi connectivity index (χ4n) is 2.65. The van der Waals surface area contributed by atoms with E-state index in [4.69, 9.17) is 0 Å². The van der Waals surface area contributed by atoms with Crippen LogP contribution in [0.5, 0.6) is 0 Å². The monoisotopic (exact) mass is 301 g/mol. The first kappa shape index (κ1) is 16.2. The zero-order valence-electron chi connectivity index (χ0n) is 13.6. The summed E-state index contributed by atoms with van der Waals surface area (Å²) in [6.07, 6.45) is 3.67. The molecule has 5 heteroatoms. The van der Waals surface area contributed by atoms with Crippen molar-refractivity contribution in [2.75, 3.05) is 13.6 Å². The van der Waals surface area contributed by atoms with Gasteiger partial charge in [-0.1, -0.05) is 23.8 Å². The minimum Gasteiger partial charge on any atom is -0.480 e. The summed E-state index contributed by atoms with van der Waals surface area (Å²) >= 11 is 0. The normalized spacial score (nSPS) is 12.6. The van der Waals surface area contributed by atoms with Crippen LogP contribution in [0.4, 0.5) is 0 Å². The molecule has 118 valence electrons. The van der Waals surface area contributed by atoms with E-state index >= 15 is 0 Å². The lowest BCUT2D eigenvalue weighted by atomic mass is 9.98. The van der Waals surface area contributed by atoms with Crippen LogP contribution in [0, 0.1) is 20.8 Å². The van der Waals surface area contributed by atoms with Gasteiger partial charge in [0.15, 0.2) is 0 Å². The summed E-state index contributed by atoms with van der Waals surface area (Å²) in [5.41, 5.74) is 2.94. The Bertz CT molecular complexity index is 664. The summed E-state index contributed by atoms with van der Waals surface area (Å²) in [6.45, 7) is 7.24. The second-order valence-electron chi connectivity index (χ2n) is 5.75. The molecule has 22 heavy (non-hydrogen) atoms. The van der Waals surface area contributed by atoms with Gasteiger partial charge in [-0.3, -0.25) is 9.69 Å². The average Bonchev–Trinajstić information content (AvgIpc) is 2.85. The third kappa shape index (κ3) is 3.54. The number of imidazole rings is 1. The summed E-state index contributed by atoms with van der Waals surface area (Å²) in [5.74, 6) is 0.116. The van der Waals surface area contributed by atoms with E-state index in [9.17, 15) is 9.90 Å². The second-order valence-corrected chi connectivity index (χ2v) is 5.75. The fourth-order valence-corrected chi connectivity index (χ4v) is 2.65. The van der Waals surface area contributed by atoms with Crippen LogP contribution in [0.1, 0.15) is 28.6 Å². The Hall–Kier alpha value is -2.14. The highest BCUT2D eigenvalue weighted by atomic mass is 16.4. The van der Waals surface area contributed by atoms with E-state index in [0.717, 1.165) is 29.1 Å². The third-order valence-electron chi connectivity index (χ3n) is 4.02. The maximum absolute atomic E-state index is 11.8. The van der Waals surface area contributed by atoms with Crippen molar-refractivity contribution in [3.8, 4) is 0 Å². The van der Waals surface area contributed by atoms with Gasteiger partial charge in [-0.05, 0) is 38.9 Å². The Morgan fingerprint density at radius 1 is 1.36 bits per heavy atom. The Morgan fingerprint density at radius 3 is 2.68 bits per heavy atom. The quantitative estimate of drug-likeness (QED) is 0.891. The van der Waals surface area contributed by atoms with Crippen molar-refractivity contribution in [2.24, 2.45) is 0 Å². The number of aryl methyl sites for hydroxylation is 3. The lowest BCUT2D eigenvalue weighted by molar-refractivity contribution is -0.143. The Balaban J connectivity index is 2.18. The van der Waals surface area contributed by atoms with Gasteiger partial charge in [0.05, 0.1) is 0 Å². The van der Waals surface area contributed by atoms with Gasteiger partial charge in [-0.2, -0.15) is 0 Å². The Morgan fingerprint density at radius 2 is 2.09 bits per heavy atom. The number of carboxylic acids is 1. The first-order chi connectivity index (χ1) is 10.4. The zero-order chi connectivity index (χ0) is 16.3. The van der Waals surface area contributed by atoms with Crippen molar-refractivity contribution in [3.63, 3.8) is 0 Å². The molecule has 0 amide bonds. The zero-order valence-corrected chi connectivity index (χ0v) is 13.6. The summed E-state index contributed by atoms with van der Waals surface area (Å²) in [6, 6.07) is 5.32. The number of likely N-dealkylation sites (N-methyl/N-ethyl adjacent to an activating group) is 1. The molecule has 1 aromatic carbocycles. The standard InChI is InChI=1S/C17H23N3O2/c1-12-5-6-13(2)15(11-12)16(17(21)22)19(4)9-10-20-8-7-18-14(20)3/h5-8,11,16H,9-10H2,1-4H3,(H,21,22). The van der Waals surface area contributed by atoms with Gasteiger partial charge < -0.3 is 9.67 Å². The SMILES string of the molecule is Cc1ccc(C)c(C(C(=O)O)N(C)CCn2ccnc2C)c1. The lowest BCUT2D eigenvalue weighted by Gasteiger charge is -2.26. The molecule has 1 unspecified atom stereocenters. The molecule has 0 aliphatic rings. The first-order valence-corrected chi connectivity index (χ1v) is 7.38. The smallest absolute Gasteiger partial charge is 0.325 e. The van der Waals surface area contributed by atoms with E-state index in [1.807, 2.05) is 61.7 Å². The van der Waals surface area contributed by atoms with Crippen LogP contribution in [0.15, 0.2) is 30.6 Å². The van der Waals surface area contributed by atoms with Crippen molar-refractivity contribution < 1.29 is 9.90 Å². The van der Waals surface area contributed by atoms with Gasteiger partial charge in [0.25, 0.3) is 0 Å². The number of hydrogen-bond donors (Lipinski definition) is 1. The van der Waals surface area contributed by atoms with Crippen LogP contribution >= 0.6 is 0 Å². The maximum Gasteiger partial charge on any atom is 0.325 e. The lowest BCUT2D eigenvalue weighted by Crippen LogP contribution is -2.34. The molecule has 0 fully saturated rings. The predicted octanol–water partition coefficient (Wildman–Crippen LogP) is 2.57. The minimum absolute atomic E-state index is 0.635. The van der Waals surface area contributed by atoms with Gasteiger partial charge in [0, 0.05) is 25.5 Å². The molecule has 0 saturated carbocycles. The summed E-state index contributed by atoms with van der Waals surface area (Å²) in [5, 5.41) is 9.66. The summed E-state index contributed by atoms with van der Waals surface area (Å²) < 4.78 is 2.03. The highest BCUT2D eigenvalue weighted by molar-refractivity contribution is 5.76. The molecule has 2 rings (SSSR count). The highest BCUT2D eigenvalue weighted by Gasteiger charge is 2.26. The molecule has 0 radical (unpaired) electrons. The van der Waals surface area contributed by atoms with E-state index in [-0.39, 0.29) is 0 Å². The van der Waals surface area contributed by atoms with Gasteiger partial charge >= 0.3 is 5.97 Å². The molecule has 0 bridgehead atoms. The topological polar surface area (TPSA) is 58.4 Å². The molecule has 5 nitrogen and oxygen atoms in total. The molecular formula is C17H23N3O2. The highest BCUT2D eigenvalue weighted by Crippen LogP contribution is 2.24. The Kier molecular flexibility index (Phi) is 4.98. The molecule has 0 saturated heterocycles. The first-order valence-electron chi connectivity index (χ1n) is 7.38. The number of nitrogens with zero attached hydrogens (tertiary/aromatic N) is 3. The van der Waals surface area contributed by atoms with Crippen LogP contribution in [0.25, 0.3) is 0 Å². The molecule has 0 spiro atoms. The van der Waals surface area contributed by atoms with Crippen molar-refractivity contribution in [1.82, 2.24) is 14.5 Å². The van der Waals surface area contributed by atoms with Crippen LogP contribution in [0.2, 0.25) is 0 Å². The van der Waals surface area contributed by atoms with Crippen molar-refractivity contribution >= 4 is 5.97 Å². The second kappa shape index (κ2) is 6.75. The fraction of sp³-hybridized carbons (Fsp3) is 0.412. The number of carbonyl (C=O) groups is 1. The molecule has 0 aliphatic heterocycles. The molecule has 2 aromatic rings. The van der Waals surface area contributed by atoms with Crippen molar-refractivity contribution in [1.29, 1.82) is 0 Å². The van der Waals surface area contributed by atoms with Crippen LogP contribution in [-0.2, 0) is 11.3 Å². The van der Waals surface area contributed by atoms with Gasteiger partial charge in [-0.25, -0.2) is 4.98 Å². The van der Waals surface area contributed by atoms with E-state index in [1.165, 1.54) is 0 Å². The van der Waals surface area contributed by atoms with E-state index in [1.54, 1.807) is 6.20 Å². The summed E-state index contributed by atoms with van der Waals surface area (Å²) in [4.78, 5) is 17.8. The van der Waals surface area contributed by atoms with Crippen LogP contribution in [0.3, 0.4) is 0 Å². The number of carboxylic acid groups (broad SMARTS) is 1. The summed E-state index contributed by atoms with van der Waals surface area (Å²) in [7, 11) is 1.85. The largest absolute Gasteiger partial charge is 0.480 e. The maximum atomic E-state index is 11.8. The molecule has 1 N–H and O–H groups in total. The van der Waals surface area contributed by atoms with Crippen LogP contribution in [-0.4, -0.2) is 39.1 Å². The van der Waals surface area contributed by atoms with E-state index in [2.05, 4.69) is 4.98 Å². The number of rotatable bonds is 6. The molecule has 1 atom stereocenters. The minimum atomic E-state index is -0.821. The van der Waals surface area contributed by atoms with Crippen LogP contribution < -0.4 is 0 Å². The van der Waals surface area contributed by atoms with Gasteiger partial charge in [0.2, 0.25) is 0 Å². The average molecular weight is 301 g/mol.